The van der Waals surface area contributed by atoms with Crippen molar-refractivity contribution in [1.82, 2.24) is 14.8 Å². The molecule has 7 heteroatoms. The van der Waals surface area contributed by atoms with E-state index in [2.05, 4.69) is 15.4 Å². The summed E-state index contributed by atoms with van der Waals surface area (Å²) < 4.78 is 7.48. The number of benzene rings is 1. The minimum absolute atomic E-state index is 0.0592. The average molecular weight is 418 g/mol. The van der Waals surface area contributed by atoms with E-state index in [9.17, 15) is 9.59 Å². The molecule has 0 bridgehead atoms. The van der Waals surface area contributed by atoms with Crippen molar-refractivity contribution in [2.45, 2.75) is 39.2 Å². The summed E-state index contributed by atoms with van der Waals surface area (Å²) >= 11 is 0. The fourth-order valence-corrected chi connectivity index (χ4v) is 3.98. The Labute approximate surface area is 181 Å². The van der Waals surface area contributed by atoms with E-state index in [-0.39, 0.29) is 17.4 Å². The van der Waals surface area contributed by atoms with Crippen LogP contribution in [0.3, 0.4) is 0 Å². The molecule has 0 aliphatic heterocycles. The van der Waals surface area contributed by atoms with Gasteiger partial charge in [-0.1, -0.05) is 30.3 Å². The Hall–Kier alpha value is -3.48. The summed E-state index contributed by atoms with van der Waals surface area (Å²) in [5.41, 5.74) is 2.71. The molecule has 1 fully saturated rings. The second-order valence-corrected chi connectivity index (χ2v) is 8.06. The van der Waals surface area contributed by atoms with Crippen molar-refractivity contribution in [2.24, 2.45) is 5.92 Å². The molecule has 2 atom stereocenters. The van der Waals surface area contributed by atoms with Crippen LogP contribution in [0.1, 0.15) is 30.2 Å². The predicted molar refractivity (Wildman–Crippen MR) is 118 cm³/mol. The molecule has 4 rings (SSSR count). The lowest BCUT2D eigenvalue weighted by Gasteiger charge is -2.20. The average Bonchev–Trinajstić information content (AvgIpc) is 3.51. The lowest BCUT2D eigenvalue weighted by Crippen LogP contribution is -2.28. The first-order valence-electron chi connectivity index (χ1n) is 10.4. The zero-order valence-corrected chi connectivity index (χ0v) is 18.0. The first-order chi connectivity index (χ1) is 14.9. The van der Waals surface area contributed by atoms with E-state index in [1.54, 1.807) is 12.4 Å². The van der Waals surface area contributed by atoms with E-state index >= 15 is 0 Å². The first kappa shape index (κ1) is 20.8. The number of carbonyl (C=O) groups is 1. The van der Waals surface area contributed by atoms with Gasteiger partial charge in [0.1, 0.15) is 11.4 Å². The number of aryl methyl sites for hydroxylation is 3. The zero-order chi connectivity index (χ0) is 22.0. The maximum absolute atomic E-state index is 13.0. The van der Waals surface area contributed by atoms with Gasteiger partial charge in [-0.15, -0.1) is 0 Å². The summed E-state index contributed by atoms with van der Waals surface area (Å²) in [4.78, 5) is 29.4. The number of rotatable bonds is 7. The van der Waals surface area contributed by atoms with E-state index in [0.717, 1.165) is 11.1 Å². The number of carbonyl (C=O) groups excluding carboxylic acids is 1. The van der Waals surface area contributed by atoms with E-state index in [4.69, 9.17) is 4.74 Å². The standard InChI is InChI=1S/C24H26N4O3/c1-4-28-22(29)11-21(17(3)27-28)31-15-24(18-8-6-5-7-9-18)12-20(24)23(30)26-19-10-16(2)13-25-14-19/h5-11,13-14,20H,4,12,15H2,1-3H3,(H,26,30)/t20-,24+/m0/s1. The molecule has 1 amide bonds. The fraction of sp³-hybridized carbons (Fsp3) is 0.333. The fourth-order valence-electron chi connectivity index (χ4n) is 3.98. The highest BCUT2D eigenvalue weighted by molar-refractivity contribution is 5.96. The van der Waals surface area contributed by atoms with Crippen molar-refractivity contribution in [3.8, 4) is 5.75 Å². The molecule has 3 aromatic rings. The smallest absolute Gasteiger partial charge is 0.270 e. The van der Waals surface area contributed by atoms with Crippen LogP contribution in [0, 0.1) is 19.8 Å². The van der Waals surface area contributed by atoms with E-state index in [1.165, 1.54) is 10.7 Å². The van der Waals surface area contributed by atoms with Gasteiger partial charge in [-0.3, -0.25) is 14.6 Å². The number of nitrogens with one attached hydrogen (secondary N) is 1. The molecule has 0 saturated heterocycles. The van der Waals surface area contributed by atoms with Crippen LogP contribution < -0.4 is 15.6 Å². The lowest BCUT2D eigenvalue weighted by atomic mass is 9.93. The maximum atomic E-state index is 13.0. The van der Waals surface area contributed by atoms with Gasteiger partial charge in [0, 0.05) is 24.2 Å². The van der Waals surface area contributed by atoms with Crippen LogP contribution in [0.25, 0.3) is 0 Å². The third kappa shape index (κ3) is 4.21. The topological polar surface area (TPSA) is 86.1 Å². The van der Waals surface area contributed by atoms with Crippen LogP contribution in [0.15, 0.2) is 59.7 Å². The van der Waals surface area contributed by atoms with Gasteiger partial charge >= 0.3 is 0 Å². The summed E-state index contributed by atoms with van der Waals surface area (Å²) in [5.74, 6) is 0.162. The van der Waals surface area contributed by atoms with Gasteiger partial charge in [-0.05, 0) is 44.4 Å². The molecule has 1 aliphatic carbocycles. The van der Waals surface area contributed by atoms with Gasteiger partial charge in [0.15, 0.2) is 0 Å². The van der Waals surface area contributed by atoms with Gasteiger partial charge < -0.3 is 10.1 Å². The van der Waals surface area contributed by atoms with Crippen molar-refractivity contribution in [1.29, 1.82) is 0 Å². The van der Waals surface area contributed by atoms with Crippen LogP contribution in [0.2, 0.25) is 0 Å². The third-order valence-corrected chi connectivity index (χ3v) is 5.80. The SMILES string of the molecule is CCn1nc(C)c(OC[C@@]2(c3ccccc3)C[C@H]2C(=O)Nc2cncc(C)c2)cc1=O. The highest BCUT2D eigenvalue weighted by Crippen LogP contribution is 2.55. The van der Waals surface area contributed by atoms with Crippen molar-refractivity contribution < 1.29 is 9.53 Å². The van der Waals surface area contributed by atoms with Crippen molar-refractivity contribution in [3.63, 3.8) is 0 Å². The molecule has 1 N–H and O–H groups in total. The molecular formula is C24H26N4O3. The number of amides is 1. The summed E-state index contributed by atoms with van der Waals surface area (Å²) in [6, 6.07) is 13.3. The van der Waals surface area contributed by atoms with Crippen LogP contribution in [0.5, 0.6) is 5.75 Å². The Kier molecular flexibility index (Phi) is 5.59. The van der Waals surface area contributed by atoms with Crippen LogP contribution in [0.4, 0.5) is 5.69 Å². The Morgan fingerprint density at radius 1 is 1.23 bits per heavy atom. The van der Waals surface area contributed by atoms with Gasteiger partial charge in [0.2, 0.25) is 5.91 Å². The maximum Gasteiger partial charge on any atom is 0.270 e. The first-order valence-corrected chi connectivity index (χ1v) is 10.4. The van der Waals surface area contributed by atoms with Gasteiger partial charge in [0.25, 0.3) is 5.56 Å². The Morgan fingerprint density at radius 2 is 2.00 bits per heavy atom. The number of nitrogens with zero attached hydrogens (tertiary/aromatic N) is 3. The normalized spacial score (nSPS) is 19.6. The minimum Gasteiger partial charge on any atom is -0.490 e. The van der Waals surface area contributed by atoms with Crippen molar-refractivity contribution in [2.75, 3.05) is 11.9 Å². The molecule has 2 heterocycles. The Morgan fingerprint density at radius 3 is 2.71 bits per heavy atom. The Bertz CT molecular complexity index is 1160. The second kappa shape index (κ2) is 8.34. The molecule has 1 aliphatic rings. The number of aromatic nitrogens is 3. The van der Waals surface area contributed by atoms with Crippen LogP contribution in [-0.2, 0) is 16.8 Å². The molecule has 7 nitrogen and oxygen atoms in total. The summed E-state index contributed by atoms with van der Waals surface area (Å²) in [7, 11) is 0. The largest absolute Gasteiger partial charge is 0.490 e. The number of pyridine rings is 1. The summed E-state index contributed by atoms with van der Waals surface area (Å²) in [5, 5.41) is 7.28. The number of ether oxygens (including phenoxy) is 1. The second-order valence-electron chi connectivity index (χ2n) is 8.06. The molecule has 1 aromatic carbocycles. The van der Waals surface area contributed by atoms with Gasteiger partial charge in [0.05, 0.1) is 24.4 Å². The molecule has 31 heavy (non-hydrogen) atoms. The molecule has 0 spiro atoms. The summed E-state index contributed by atoms with van der Waals surface area (Å²) in [6.45, 7) is 6.42. The van der Waals surface area contributed by atoms with Crippen molar-refractivity contribution >= 4 is 11.6 Å². The number of hydrogen-bond acceptors (Lipinski definition) is 5. The molecule has 0 unspecified atom stereocenters. The van der Waals surface area contributed by atoms with Gasteiger partial charge in [-0.25, -0.2) is 4.68 Å². The third-order valence-electron chi connectivity index (χ3n) is 5.80. The van der Waals surface area contributed by atoms with E-state index in [0.29, 0.717) is 36.7 Å². The number of hydrogen-bond donors (Lipinski definition) is 1. The predicted octanol–water partition coefficient (Wildman–Crippen LogP) is 3.25. The van der Waals surface area contributed by atoms with Crippen LogP contribution in [-0.4, -0.2) is 27.3 Å². The minimum atomic E-state index is -0.450. The molecular weight excluding hydrogens is 392 g/mol. The highest BCUT2D eigenvalue weighted by Gasteiger charge is 2.60. The zero-order valence-electron chi connectivity index (χ0n) is 18.0. The molecule has 0 radical (unpaired) electrons. The lowest BCUT2D eigenvalue weighted by molar-refractivity contribution is -0.117. The Balaban J connectivity index is 1.56. The van der Waals surface area contributed by atoms with Gasteiger partial charge in [-0.2, -0.15) is 5.10 Å². The van der Waals surface area contributed by atoms with Crippen molar-refractivity contribution in [3.05, 3.63) is 82.0 Å². The van der Waals surface area contributed by atoms with E-state index in [1.807, 2.05) is 57.2 Å². The molecule has 160 valence electrons. The highest BCUT2D eigenvalue weighted by atomic mass is 16.5. The molecule has 1 saturated carbocycles. The molecule has 2 aromatic heterocycles. The quantitative estimate of drug-likeness (QED) is 0.637. The number of anilines is 1. The van der Waals surface area contributed by atoms with E-state index < -0.39 is 5.41 Å². The van der Waals surface area contributed by atoms with Crippen LogP contribution >= 0.6 is 0 Å². The summed E-state index contributed by atoms with van der Waals surface area (Å²) in [6.07, 6.45) is 4.06. The monoisotopic (exact) mass is 418 g/mol.